The van der Waals surface area contributed by atoms with Crippen LogP contribution in [0.1, 0.15) is 18.0 Å². The number of urea groups is 1. The molecule has 17 heavy (non-hydrogen) atoms. The second kappa shape index (κ2) is 5.19. The molecule has 1 fully saturated rings. The predicted molar refractivity (Wildman–Crippen MR) is 64.8 cm³/mol. The summed E-state index contributed by atoms with van der Waals surface area (Å²) in [6.45, 7) is 0.373. The van der Waals surface area contributed by atoms with Crippen LogP contribution in [0.4, 0.5) is 4.79 Å². The van der Waals surface area contributed by atoms with Gasteiger partial charge in [0.2, 0.25) is 0 Å². The van der Waals surface area contributed by atoms with E-state index in [0.29, 0.717) is 18.8 Å². The van der Waals surface area contributed by atoms with Crippen molar-refractivity contribution in [1.29, 1.82) is 0 Å². The topological polar surface area (TPSA) is 49.4 Å². The minimum Gasteiger partial charge on any atom is -0.322 e. The summed E-state index contributed by atoms with van der Waals surface area (Å²) in [5, 5.41) is 2.67. The molecule has 1 N–H and O–H groups in total. The average Bonchev–Trinajstić information content (AvgIpc) is 2.64. The highest BCUT2D eigenvalue weighted by Crippen LogP contribution is 2.21. The molecule has 1 unspecified atom stereocenters. The zero-order valence-electron chi connectivity index (χ0n) is 9.23. The third-order valence-corrected chi connectivity index (χ3v) is 2.94. The quantitative estimate of drug-likeness (QED) is 0.657. The molecule has 0 aromatic heterocycles. The molecule has 0 saturated carbocycles. The SMILES string of the molecule is O=C1NC(c2ccccc2)C(=O)N1CCCCl. The van der Waals surface area contributed by atoms with Crippen LogP contribution < -0.4 is 5.32 Å². The smallest absolute Gasteiger partial charge is 0.322 e. The Bertz CT molecular complexity index is 422. The molecule has 5 heteroatoms. The van der Waals surface area contributed by atoms with Crippen LogP contribution in [-0.2, 0) is 4.79 Å². The number of nitrogens with one attached hydrogen (secondary N) is 1. The molecule has 90 valence electrons. The Morgan fingerprint density at radius 2 is 1.94 bits per heavy atom. The van der Waals surface area contributed by atoms with Crippen LogP contribution in [0.15, 0.2) is 30.3 Å². The molecule has 3 amide bonds. The summed E-state index contributed by atoms with van der Waals surface area (Å²) in [4.78, 5) is 24.9. The first-order valence-corrected chi connectivity index (χ1v) is 6.00. The Kier molecular flexibility index (Phi) is 3.64. The molecule has 1 aromatic carbocycles. The van der Waals surface area contributed by atoms with Crippen LogP contribution in [0.2, 0.25) is 0 Å². The molecule has 1 heterocycles. The van der Waals surface area contributed by atoms with Gasteiger partial charge in [0.15, 0.2) is 0 Å². The second-order valence-corrected chi connectivity index (χ2v) is 4.20. The van der Waals surface area contributed by atoms with Gasteiger partial charge in [-0.25, -0.2) is 4.79 Å². The summed E-state index contributed by atoms with van der Waals surface area (Å²) >= 11 is 5.56. The first-order chi connectivity index (χ1) is 8.24. The van der Waals surface area contributed by atoms with Crippen LogP contribution in [0.5, 0.6) is 0 Å². The molecule has 0 bridgehead atoms. The number of rotatable bonds is 4. The summed E-state index contributed by atoms with van der Waals surface area (Å²) in [7, 11) is 0. The van der Waals surface area contributed by atoms with Crippen molar-refractivity contribution >= 4 is 23.5 Å². The normalized spacial score (nSPS) is 19.6. The molecule has 1 aliphatic heterocycles. The summed E-state index contributed by atoms with van der Waals surface area (Å²) in [5.41, 5.74) is 0.805. The number of imide groups is 1. The number of halogens is 1. The highest BCUT2D eigenvalue weighted by Gasteiger charge is 2.38. The number of hydrogen-bond donors (Lipinski definition) is 1. The fourth-order valence-electron chi connectivity index (χ4n) is 1.82. The monoisotopic (exact) mass is 252 g/mol. The Labute approximate surface area is 105 Å². The molecule has 0 aliphatic carbocycles. The highest BCUT2D eigenvalue weighted by atomic mass is 35.5. The van der Waals surface area contributed by atoms with Gasteiger partial charge >= 0.3 is 6.03 Å². The van der Waals surface area contributed by atoms with E-state index in [4.69, 9.17) is 11.6 Å². The van der Waals surface area contributed by atoms with E-state index >= 15 is 0 Å². The maximum Gasteiger partial charge on any atom is 0.325 e. The molecule has 1 aliphatic rings. The maximum absolute atomic E-state index is 12.0. The third-order valence-electron chi connectivity index (χ3n) is 2.67. The van der Waals surface area contributed by atoms with E-state index < -0.39 is 6.04 Å². The van der Waals surface area contributed by atoms with Gasteiger partial charge in [-0.1, -0.05) is 30.3 Å². The lowest BCUT2D eigenvalue weighted by Crippen LogP contribution is -2.32. The van der Waals surface area contributed by atoms with Gasteiger partial charge in [-0.15, -0.1) is 11.6 Å². The van der Waals surface area contributed by atoms with Crippen LogP contribution in [0.25, 0.3) is 0 Å². The predicted octanol–water partition coefficient (Wildman–Crippen LogP) is 1.91. The van der Waals surface area contributed by atoms with Gasteiger partial charge < -0.3 is 5.32 Å². The number of nitrogens with zero attached hydrogens (tertiary/aromatic N) is 1. The van der Waals surface area contributed by atoms with Crippen molar-refractivity contribution < 1.29 is 9.59 Å². The summed E-state index contributed by atoms with van der Waals surface area (Å²) in [5.74, 6) is 0.235. The van der Waals surface area contributed by atoms with Gasteiger partial charge in [0.1, 0.15) is 6.04 Å². The number of benzene rings is 1. The largest absolute Gasteiger partial charge is 0.325 e. The Hall–Kier alpha value is -1.55. The van der Waals surface area contributed by atoms with Crippen LogP contribution in [0, 0.1) is 0 Å². The van der Waals surface area contributed by atoms with E-state index in [1.807, 2.05) is 30.3 Å². The average molecular weight is 253 g/mol. The first kappa shape index (κ1) is 11.9. The summed E-state index contributed by atoms with van der Waals surface area (Å²) in [6.07, 6.45) is 0.613. The van der Waals surface area contributed by atoms with Crippen molar-refractivity contribution in [2.45, 2.75) is 12.5 Å². The zero-order chi connectivity index (χ0) is 12.3. The van der Waals surface area contributed by atoms with Crippen LogP contribution >= 0.6 is 11.6 Å². The van der Waals surface area contributed by atoms with Crippen molar-refractivity contribution in [1.82, 2.24) is 10.2 Å². The lowest BCUT2D eigenvalue weighted by molar-refractivity contribution is -0.127. The molecular formula is C12H13ClN2O2. The molecule has 1 atom stereocenters. The molecule has 4 nitrogen and oxygen atoms in total. The number of hydrogen-bond acceptors (Lipinski definition) is 2. The van der Waals surface area contributed by atoms with Gasteiger partial charge in [0, 0.05) is 12.4 Å². The van der Waals surface area contributed by atoms with E-state index in [-0.39, 0.29) is 11.9 Å². The molecular weight excluding hydrogens is 240 g/mol. The van der Waals surface area contributed by atoms with E-state index in [9.17, 15) is 9.59 Å². The maximum atomic E-state index is 12.0. The van der Waals surface area contributed by atoms with Crippen molar-refractivity contribution in [2.24, 2.45) is 0 Å². The Balaban J connectivity index is 2.13. The van der Waals surface area contributed by atoms with Crippen molar-refractivity contribution in [3.8, 4) is 0 Å². The molecule has 1 saturated heterocycles. The van der Waals surface area contributed by atoms with Crippen molar-refractivity contribution in [3.63, 3.8) is 0 Å². The fraction of sp³-hybridized carbons (Fsp3) is 0.333. The fourth-order valence-corrected chi connectivity index (χ4v) is 1.94. The van der Waals surface area contributed by atoms with Gasteiger partial charge in [-0.05, 0) is 12.0 Å². The number of carbonyl (C=O) groups excluding carboxylic acids is 2. The molecule has 0 spiro atoms. The van der Waals surface area contributed by atoms with Gasteiger partial charge in [0.25, 0.3) is 5.91 Å². The van der Waals surface area contributed by atoms with Gasteiger partial charge in [-0.2, -0.15) is 0 Å². The van der Waals surface area contributed by atoms with E-state index in [0.717, 1.165) is 5.56 Å². The number of amides is 3. The van der Waals surface area contributed by atoms with E-state index in [1.54, 1.807) is 0 Å². The number of alkyl halides is 1. The van der Waals surface area contributed by atoms with Crippen LogP contribution in [-0.4, -0.2) is 29.3 Å². The van der Waals surface area contributed by atoms with Gasteiger partial charge in [-0.3, -0.25) is 9.69 Å². The highest BCUT2D eigenvalue weighted by molar-refractivity contribution is 6.17. The summed E-state index contributed by atoms with van der Waals surface area (Å²) < 4.78 is 0. The van der Waals surface area contributed by atoms with Crippen molar-refractivity contribution in [3.05, 3.63) is 35.9 Å². The Morgan fingerprint density at radius 3 is 2.59 bits per heavy atom. The lowest BCUT2D eigenvalue weighted by Gasteiger charge is -2.11. The number of carbonyl (C=O) groups is 2. The zero-order valence-corrected chi connectivity index (χ0v) is 9.98. The molecule has 2 rings (SSSR count). The lowest BCUT2D eigenvalue weighted by atomic mass is 10.1. The second-order valence-electron chi connectivity index (χ2n) is 3.83. The first-order valence-electron chi connectivity index (χ1n) is 5.47. The van der Waals surface area contributed by atoms with Crippen molar-refractivity contribution in [2.75, 3.05) is 12.4 Å². The van der Waals surface area contributed by atoms with E-state index in [2.05, 4.69) is 5.32 Å². The minimum atomic E-state index is -0.556. The Morgan fingerprint density at radius 1 is 1.24 bits per heavy atom. The summed E-state index contributed by atoms with van der Waals surface area (Å²) in [6, 6.07) is 8.32. The standard InChI is InChI=1S/C12H13ClN2O2/c13-7-4-8-15-11(16)10(14-12(15)17)9-5-2-1-3-6-9/h1-3,5-6,10H,4,7-8H2,(H,14,17). The van der Waals surface area contributed by atoms with Crippen LogP contribution in [0.3, 0.4) is 0 Å². The third kappa shape index (κ3) is 2.42. The molecule has 1 aromatic rings. The van der Waals surface area contributed by atoms with Gasteiger partial charge in [0.05, 0.1) is 0 Å². The minimum absolute atomic E-state index is 0.202. The van der Waals surface area contributed by atoms with E-state index in [1.165, 1.54) is 4.90 Å². The molecule has 0 radical (unpaired) electrons.